The van der Waals surface area contributed by atoms with Crippen LogP contribution in [-0.4, -0.2) is 5.11 Å². The second kappa shape index (κ2) is 7.94. The van der Waals surface area contributed by atoms with Crippen molar-refractivity contribution in [3.63, 3.8) is 0 Å². The van der Waals surface area contributed by atoms with E-state index < -0.39 is 0 Å². The van der Waals surface area contributed by atoms with Gasteiger partial charge in [-0.1, -0.05) is 54.6 Å². The third-order valence-corrected chi connectivity index (χ3v) is 5.09. The molecule has 0 fully saturated rings. The molecule has 1 aromatic heterocycles. The van der Waals surface area contributed by atoms with Crippen LogP contribution in [0.2, 0.25) is 0 Å². The lowest BCUT2D eigenvalue weighted by molar-refractivity contribution is 0.282. The van der Waals surface area contributed by atoms with Crippen LogP contribution in [0.15, 0.2) is 82.0 Å². The van der Waals surface area contributed by atoms with E-state index in [1.165, 1.54) is 0 Å². The van der Waals surface area contributed by atoms with Gasteiger partial charge >= 0.3 is 0 Å². The Bertz CT molecular complexity index is 1210. The molecule has 29 heavy (non-hydrogen) atoms. The van der Waals surface area contributed by atoms with Crippen molar-refractivity contribution in [2.24, 2.45) is 0 Å². The van der Waals surface area contributed by atoms with E-state index in [0.717, 1.165) is 27.9 Å². The van der Waals surface area contributed by atoms with Crippen molar-refractivity contribution in [1.82, 2.24) is 0 Å². The molecule has 4 aromatic rings. The topological polar surface area (TPSA) is 62.5 Å². The van der Waals surface area contributed by atoms with Crippen LogP contribution in [0.3, 0.4) is 0 Å². The summed E-state index contributed by atoms with van der Waals surface area (Å²) < 4.78 is 6.24. The first-order chi connectivity index (χ1) is 14.1. The normalized spacial score (nSPS) is 12.1. The largest absolute Gasteiger partial charge is 0.455 e. The zero-order valence-corrected chi connectivity index (χ0v) is 16.5. The molecule has 4 heteroatoms. The van der Waals surface area contributed by atoms with Crippen molar-refractivity contribution in [3.8, 4) is 11.3 Å². The van der Waals surface area contributed by atoms with E-state index >= 15 is 0 Å². The molecule has 2 N–H and O–H groups in total. The molecule has 0 aliphatic rings. The van der Waals surface area contributed by atoms with Crippen LogP contribution >= 0.6 is 0 Å². The van der Waals surface area contributed by atoms with Crippen LogP contribution in [0.25, 0.3) is 22.3 Å². The fraction of sp³-hybridized carbons (Fsp3) is 0.160. The lowest BCUT2D eigenvalue weighted by atomic mass is 10.00. The van der Waals surface area contributed by atoms with Gasteiger partial charge in [0.05, 0.1) is 18.0 Å². The average molecular weight is 385 g/mol. The molecule has 1 atom stereocenters. The number of para-hydroxylation sites is 1. The second-order valence-corrected chi connectivity index (χ2v) is 7.25. The number of fused-ring (bicyclic) bond motifs is 1. The number of aliphatic hydroxyl groups is 1. The van der Waals surface area contributed by atoms with Gasteiger partial charge < -0.3 is 14.8 Å². The minimum Gasteiger partial charge on any atom is -0.455 e. The minimum absolute atomic E-state index is 0.0440. The van der Waals surface area contributed by atoms with Gasteiger partial charge in [-0.05, 0) is 31.5 Å². The molecule has 0 unspecified atom stereocenters. The Balaban J connectivity index is 1.85. The highest BCUT2D eigenvalue weighted by molar-refractivity contribution is 5.83. The highest BCUT2D eigenvalue weighted by Crippen LogP contribution is 2.31. The van der Waals surface area contributed by atoms with Gasteiger partial charge in [-0.3, -0.25) is 4.79 Å². The molecule has 146 valence electrons. The first-order valence-corrected chi connectivity index (χ1v) is 9.66. The number of hydrogen-bond donors (Lipinski definition) is 2. The van der Waals surface area contributed by atoms with Crippen LogP contribution < -0.4 is 10.7 Å². The maximum atomic E-state index is 12.8. The summed E-state index contributed by atoms with van der Waals surface area (Å²) in [5.41, 5.74) is 4.98. The summed E-state index contributed by atoms with van der Waals surface area (Å²) >= 11 is 0. The summed E-state index contributed by atoms with van der Waals surface area (Å²) in [7, 11) is 0. The molecular weight excluding hydrogens is 362 g/mol. The molecule has 3 aromatic carbocycles. The molecule has 0 aliphatic carbocycles. The molecule has 0 bridgehead atoms. The molecule has 0 spiro atoms. The average Bonchev–Trinajstić information content (AvgIpc) is 2.74. The molecule has 0 radical (unpaired) electrons. The molecular formula is C25H23NO3. The maximum Gasteiger partial charge on any atom is 0.193 e. The first kappa shape index (κ1) is 19.0. The Morgan fingerprint density at radius 2 is 1.72 bits per heavy atom. The van der Waals surface area contributed by atoms with Gasteiger partial charge in [0, 0.05) is 28.4 Å². The molecule has 0 aliphatic heterocycles. The number of nitrogens with one attached hydrogen (secondary N) is 1. The number of aliphatic hydroxyl groups excluding tert-OH is 1. The highest BCUT2D eigenvalue weighted by atomic mass is 16.3. The Morgan fingerprint density at radius 3 is 2.48 bits per heavy atom. The maximum absolute atomic E-state index is 12.8. The van der Waals surface area contributed by atoms with Gasteiger partial charge in [0.2, 0.25) is 0 Å². The van der Waals surface area contributed by atoms with Crippen molar-refractivity contribution in [2.45, 2.75) is 26.5 Å². The third-order valence-electron chi connectivity index (χ3n) is 5.09. The Labute approximate surface area is 169 Å². The van der Waals surface area contributed by atoms with Crippen LogP contribution in [0, 0.1) is 6.92 Å². The van der Waals surface area contributed by atoms with Gasteiger partial charge in [-0.2, -0.15) is 0 Å². The molecule has 0 amide bonds. The van der Waals surface area contributed by atoms with Gasteiger partial charge in [0.1, 0.15) is 11.3 Å². The first-order valence-electron chi connectivity index (χ1n) is 9.66. The predicted octanol–water partition coefficient (Wildman–Crippen LogP) is 5.43. The summed E-state index contributed by atoms with van der Waals surface area (Å²) in [4.78, 5) is 12.8. The van der Waals surface area contributed by atoms with Crippen molar-refractivity contribution >= 4 is 16.7 Å². The standard InChI is InChI=1S/C25H23NO3/c1-16-12-20(17(2)26-22-11-7-6-10-19(22)15-27)25-21(13-16)23(28)14-24(29-25)18-8-4-3-5-9-18/h3-14,17,26-27H,15H2,1-2H3/t17-/m1/s1. The van der Waals surface area contributed by atoms with Crippen LogP contribution in [0.1, 0.15) is 29.7 Å². The van der Waals surface area contributed by atoms with Crippen LogP contribution in [0.4, 0.5) is 5.69 Å². The van der Waals surface area contributed by atoms with Gasteiger partial charge in [-0.15, -0.1) is 0 Å². The van der Waals surface area contributed by atoms with Gasteiger partial charge in [0.25, 0.3) is 0 Å². The van der Waals surface area contributed by atoms with E-state index in [9.17, 15) is 9.90 Å². The molecule has 0 saturated heterocycles. The summed E-state index contributed by atoms with van der Waals surface area (Å²) in [6.07, 6.45) is 0. The molecule has 0 saturated carbocycles. The predicted molar refractivity (Wildman–Crippen MR) is 117 cm³/mol. The molecule has 1 heterocycles. The Morgan fingerprint density at radius 1 is 1.00 bits per heavy atom. The Hall–Kier alpha value is -3.37. The van der Waals surface area contributed by atoms with Crippen molar-refractivity contribution in [2.75, 3.05) is 5.32 Å². The van der Waals surface area contributed by atoms with Crippen molar-refractivity contribution < 1.29 is 9.52 Å². The monoisotopic (exact) mass is 385 g/mol. The van der Waals surface area contributed by atoms with E-state index in [-0.39, 0.29) is 18.1 Å². The number of benzene rings is 3. The lowest BCUT2D eigenvalue weighted by Crippen LogP contribution is -2.11. The Kier molecular flexibility index (Phi) is 5.19. The van der Waals surface area contributed by atoms with Gasteiger partial charge in [-0.25, -0.2) is 0 Å². The minimum atomic E-state index is -0.126. The van der Waals surface area contributed by atoms with Crippen LogP contribution in [-0.2, 0) is 6.61 Å². The zero-order valence-electron chi connectivity index (χ0n) is 16.5. The van der Waals surface area contributed by atoms with Gasteiger partial charge in [0.15, 0.2) is 5.43 Å². The number of hydrogen-bond acceptors (Lipinski definition) is 4. The number of rotatable bonds is 5. The summed E-state index contributed by atoms with van der Waals surface area (Å²) in [6.45, 7) is 3.96. The fourth-order valence-electron chi connectivity index (χ4n) is 3.61. The summed E-state index contributed by atoms with van der Waals surface area (Å²) in [5.74, 6) is 0.552. The number of aryl methyl sites for hydroxylation is 1. The van der Waals surface area contributed by atoms with E-state index in [4.69, 9.17) is 4.42 Å². The fourth-order valence-corrected chi connectivity index (χ4v) is 3.61. The van der Waals surface area contributed by atoms with Crippen LogP contribution in [0.5, 0.6) is 0 Å². The summed E-state index contributed by atoms with van der Waals surface area (Å²) in [6, 6.07) is 22.6. The SMILES string of the molecule is Cc1cc([C@@H](C)Nc2ccccc2CO)c2oc(-c3ccccc3)cc(=O)c2c1. The smallest absolute Gasteiger partial charge is 0.193 e. The lowest BCUT2D eigenvalue weighted by Gasteiger charge is -2.20. The number of anilines is 1. The molecule has 4 nitrogen and oxygen atoms in total. The van der Waals surface area contributed by atoms with E-state index in [0.29, 0.717) is 16.7 Å². The highest BCUT2D eigenvalue weighted by Gasteiger charge is 2.17. The van der Waals surface area contributed by atoms with E-state index in [1.807, 2.05) is 80.6 Å². The third kappa shape index (κ3) is 3.80. The van der Waals surface area contributed by atoms with E-state index in [1.54, 1.807) is 6.07 Å². The van der Waals surface area contributed by atoms with Crippen molar-refractivity contribution in [1.29, 1.82) is 0 Å². The second-order valence-electron chi connectivity index (χ2n) is 7.25. The summed E-state index contributed by atoms with van der Waals surface area (Å²) in [5, 5.41) is 13.6. The van der Waals surface area contributed by atoms with Crippen molar-refractivity contribution in [3.05, 3.63) is 99.7 Å². The zero-order chi connectivity index (χ0) is 20.4. The quantitative estimate of drug-likeness (QED) is 0.481. The molecule has 4 rings (SSSR count). The van der Waals surface area contributed by atoms with E-state index in [2.05, 4.69) is 5.32 Å².